The van der Waals surface area contributed by atoms with E-state index in [1.165, 1.54) is 17.9 Å². The van der Waals surface area contributed by atoms with Gasteiger partial charge in [0.05, 0.1) is 30.5 Å². The van der Waals surface area contributed by atoms with Crippen LogP contribution in [0.1, 0.15) is 121 Å². The molecule has 1 aliphatic heterocycles. The summed E-state index contributed by atoms with van der Waals surface area (Å²) < 4.78 is 29.8. The van der Waals surface area contributed by atoms with Gasteiger partial charge in [-0.2, -0.15) is 0 Å². The van der Waals surface area contributed by atoms with Crippen molar-refractivity contribution in [1.29, 1.82) is 0 Å². The molecule has 0 saturated carbocycles. The fourth-order valence-corrected chi connectivity index (χ4v) is 8.43. The number of nitrogens with zero attached hydrogens (tertiary/aromatic N) is 2. The maximum absolute atomic E-state index is 13.4. The van der Waals surface area contributed by atoms with Crippen molar-refractivity contribution in [3.63, 3.8) is 0 Å². The van der Waals surface area contributed by atoms with E-state index in [4.69, 9.17) is 23.7 Å². The van der Waals surface area contributed by atoms with E-state index in [1.807, 2.05) is 53.7 Å². The molecular formula is C53H90N2O12. The van der Waals surface area contributed by atoms with Crippen LogP contribution in [0.4, 0.5) is 0 Å². The molecule has 3 N–H and O–H groups in total. The lowest BCUT2D eigenvalue weighted by Crippen LogP contribution is -2.43. The third-order valence-electron chi connectivity index (χ3n) is 13.7. The summed E-state index contributed by atoms with van der Waals surface area (Å²) in [6.07, 6.45) is 15.9. The van der Waals surface area contributed by atoms with E-state index in [1.54, 1.807) is 77.7 Å². The Balaban J connectivity index is 3.50. The molecule has 14 nitrogen and oxygen atoms in total. The van der Waals surface area contributed by atoms with Crippen molar-refractivity contribution in [3.05, 3.63) is 60.4 Å². The maximum atomic E-state index is 13.4. The van der Waals surface area contributed by atoms with Crippen molar-refractivity contribution in [2.75, 3.05) is 35.4 Å². The zero-order valence-corrected chi connectivity index (χ0v) is 43.6. The van der Waals surface area contributed by atoms with Gasteiger partial charge in [0.15, 0.2) is 0 Å². The van der Waals surface area contributed by atoms with Gasteiger partial charge >= 0.3 is 17.9 Å². The van der Waals surface area contributed by atoms with Crippen molar-refractivity contribution >= 4 is 24.3 Å². The van der Waals surface area contributed by atoms with Gasteiger partial charge in [-0.1, -0.05) is 91.0 Å². The predicted molar refractivity (Wildman–Crippen MR) is 263 cm³/mol. The number of hydrogen-bond acceptors (Lipinski definition) is 13. The number of carbonyl (C=O) groups excluding carboxylic acids is 4. The number of allylic oxidation sites excluding steroid dienone is 3. The highest BCUT2D eigenvalue weighted by atomic mass is 16.6. The van der Waals surface area contributed by atoms with Crippen molar-refractivity contribution < 1.29 is 58.2 Å². The third kappa shape index (κ3) is 22.5. The first-order chi connectivity index (χ1) is 31.5. The zero-order chi connectivity index (χ0) is 51.0. The summed E-state index contributed by atoms with van der Waals surface area (Å²) in [4.78, 5) is 53.5. The number of methoxy groups -OCH3 is 2. The predicted octanol–water partition coefficient (Wildman–Crippen LogP) is 7.61. The van der Waals surface area contributed by atoms with Crippen LogP contribution >= 0.6 is 0 Å². The van der Waals surface area contributed by atoms with E-state index in [0.29, 0.717) is 25.7 Å². The van der Waals surface area contributed by atoms with Crippen LogP contribution in [0.15, 0.2) is 60.4 Å². The van der Waals surface area contributed by atoms with Crippen LogP contribution in [-0.4, -0.2) is 140 Å². The quantitative estimate of drug-likeness (QED) is 0.0529. The standard InChI is InChI=1S/C53H90N2O12/c1-34-24-25-35(2)46(64-15)28-26-36(3)50(60)39(6)45(58)21-17-16-18-23-49(59)66-47(22-19-20-44(32-34)63-14)40(7)51(61)37(4)27-29-48(67-53(62)42(9)54(11)12)41(8)52(65-43(10)57)38(5)30-31-55(13)33-56/h16-20,23,25,30-31,33-34,36-42,44-48,50-52,58,60-61H,21-22,24,26-29,32H2,1-15H3/b17-16+,20-19+,23-18+,31-30+,35-25+/t34-,36-,37+,38-,39+,40-,41+,42+,44+,45-,46+,47+,48-,50-,51+,52-/m1/s1. The van der Waals surface area contributed by atoms with E-state index in [2.05, 4.69) is 19.9 Å². The number of aliphatic hydroxyl groups is 3. The van der Waals surface area contributed by atoms with Gasteiger partial charge in [-0.3, -0.25) is 19.3 Å². The molecule has 0 aromatic carbocycles. The molecule has 1 heterocycles. The summed E-state index contributed by atoms with van der Waals surface area (Å²) in [7, 11) is 8.54. The van der Waals surface area contributed by atoms with Gasteiger partial charge < -0.3 is 43.9 Å². The summed E-state index contributed by atoms with van der Waals surface area (Å²) in [6, 6.07) is -0.551. The third-order valence-corrected chi connectivity index (χ3v) is 13.7. The van der Waals surface area contributed by atoms with Gasteiger partial charge in [0.2, 0.25) is 6.41 Å². The smallest absolute Gasteiger partial charge is 0.331 e. The van der Waals surface area contributed by atoms with Crippen molar-refractivity contribution in [3.8, 4) is 0 Å². The Morgan fingerprint density at radius 1 is 0.925 bits per heavy atom. The fraction of sp³-hybridized carbons (Fsp3) is 0.736. The van der Waals surface area contributed by atoms with Crippen LogP contribution in [0.2, 0.25) is 0 Å². The van der Waals surface area contributed by atoms with E-state index < -0.39 is 72.4 Å². The number of ether oxygens (including phenoxy) is 5. The second-order valence-corrected chi connectivity index (χ2v) is 19.6. The van der Waals surface area contributed by atoms with Crippen molar-refractivity contribution in [1.82, 2.24) is 9.80 Å². The molecule has 1 amide bonds. The molecule has 0 aromatic heterocycles. The lowest BCUT2D eigenvalue weighted by atomic mass is 9.82. The van der Waals surface area contributed by atoms with Gasteiger partial charge in [0.25, 0.3) is 0 Å². The first-order valence-electron chi connectivity index (χ1n) is 24.4. The van der Waals surface area contributed by atoms with E-state index >= 15 is 0 Å². The molecule has 384 valence electrons. The normalized spacial score (nSPS) is 30.4. The van der Waals surface area contributed by atoms with Gasteiger partial charge in [0, 0.05) is 70.6 Å². The number of carbonyl (C=O) groups is 4. The summed E-state index contributed by atoms with van der Waals surface area (Å²) in [5, 5.41) is 34.0. The largest absolute Gasteiger partial charge is 0.462 e. The van der Waals surface area contributed by atoms with Crippen molar-refractivity contribution in [2.24, 2.45) is 41.4 Å². The number of aliphatic hydroxyl groups excluding tert-OH is 3. The molecule has 14 heteroatoms. The van der Waals surface area contributed by atoms with Gasteiger partial charge in [-0.05, 0) is 96.2 Å². The molecule has 1 rings (SSSR count). The number of hydrogen-bond donors (Lipinski definition) is 3. The van der Waals surface area contributed by atoms with E-state index in [0.717, 1.165) is 31.3 Å². The second-order valence-electron chi connectivity index (χ2n) is 19.6. The van der Waals surface area contributed by atoms with Gasteiger partial charge in [0.1, 0.15) is 24.4 Å². The first kappa shape index (κ1) is 61.4. The van der Waals surface area contributed by atoms with Crippen LogP contribution in [0, 0.1) is 41.4 Å². The number of cyclic esters (lactones) is 1. The SMILES string of the molecule is CO[C@H]1CC[C@@H](C)[C@@H](O)[C@@H](C)[C@H](O)C/C=C/C=C/C(=O)O[C@H]([C@@H](C)[C@@H](O)[C@@H](C)CC[C@@H](OC(=O)[C@H](C)N(C)C)[C@H](C)[C@H](OC(C)=O)[C@H](C)/C=C/N(C)C=O)C/C=C/[C@H](OC)C[C@H](C)C/C=C/1C. The summed E-state index contributed by atoms with van der Waals surface area (Å²) in [5.74, 6) is -3.39. The molecule has 0 unspecified atom stereocenters. The van der Waals surface area contributed by atoms with Crippen LogP contribution in [0.3, 0.4) is 0 Å². The molecule has 0 fully saturated rings. The Hall–Kier alpha value is -3.66. The Morgan fingerprint density at radius 3 is 2.19 bits per heavy atom. The van der Waals surface area contributed by atoms with Crippen LogP contribution < -0.4 is 0 Å². The molecule has 0 aliphatic carbocycles. The summed E-state index contributed by atoms with van der Waals surface area (Å²) in [6.45, 7) is 18.6. The lowest BCUT2D eigenvalue weighted by molar-refractivity contribution is -0.165. The highest BCUT2D eigenvalue weighted by Gasteiger charge is 2.37. The lowest BCUT2D eigenvalue weighted by Gasteiger charge is -2.35. The number of rotatable bonds is 18. The first-order valence-corrected chi connectivity index (χ1v) is 24.4. The molecule has 0 radical (unpaired) electrons. The fourth-order valence-electron chi connectivity index (χ4n) is 8.43. The summed E-state index contributed by atoms with van der Waals surface area (Å²) >= 11 is 0. The van der Waals surface area contributed by atoms with Gasteiger partial charge in [-0.25, -0.2) is 4.79 Å². The van der Waals surface area contributed by atoms with Crippen LogP contribution in [-0.2, 0) is 42.9 Å². The number of likely N-dealkylation sites (N-methyl/N-ethyl adjacent to an activating group) is 1. The Bertz CT molecular complexity index is 1610. The molecule has 1 aliphatic rings. The second kappa shape index (κ2) is 32.2. The topological polar surface area (TPSA) is 182 Å². The summed E-state index contributed by atoms with van der Waals surface area (Å²) in [5.41, 5.74) is 1.13. The van der Waals surface area contributed by atoms with E-state index in [9.17, 15) is 34.5 Å². The van der Waals surface area contributed by atoms with E-state index in [-0.39, 0.29) is 48.2 Å². The Kier molecular flexibility index (Phi) is 29.5. The van der Waals surface area contributed by atoms with Crippen LogP contribution in [0.5, 0.6) is 0 Å². The van der Waals surface area contributed by atoms with Crippen LogP contribution in [0.25, 0.3) is 0 Å². The number of amides is 1. The molecule has 0 bridgehead atoms. The molecule has 16 atom stereocenters. The van der Waals surface area contributed by atoms with Gasteiger partial charge in [-0.15, -0.1) is 0 Å². The molecule has 0 spiro atoms. The minimum atomic E-state index is -0.940. The average Bonchev–Trinajstić information content (AvgIpc) is 3.29. The minimum Gasteiger partial charge on any atom is -0.462 e. The molecule has 67 heavy (non-hydrogen) atoms. The Morgan fingerprint density at radius 2 is 1.60 bits per heavy atom. The van der Waals surface area contributed by atoms with Crippen molar-refractivity contribution in [2.45, 2.75) is 175 Å². The molecule has 0 saturated heterocycles. The average molecular weight is 947 g/mol. The monoisotopic (exact) mass is 947 g/mol. The molecule has 0 aromatic rings. The zero-order valence-electron chi connectivity index (χ0n) is 43.6. The highest BCUT2D eigenvalue weighted by Crippen LogP contribution is 2.31. The number of esters is 3. The Labute approximate surface area is 403 Å². The minimum absolute atomic E-state index is 0.0566. The maximum Gasteiger partial charge on any atom is 0.331 e. The molecular weight excluding hydrogens is 857 g/mol. The highest BCUT2D eigenvalue weighted by molar-refractivity contribution is 5.82.